The van der Waals surface area contributed by atoms with Gasteiger partial charge >= 0.3 is 0 Å². The molecule has 1 unspecified atom stereocenters. The summed E-state index contributed by atoms with van der Waals surface area (Å²) in [6, 6.07) is 62.1. The van der Waals surface area contributed by atoms with Crippen molar-refractivity contribution in [1.29, 1.82) is 0 Å². The number of hydrogen-bond donors (Lipinski definition) is 0. The number of terminal acetylenes is 1. The van der Waals surface area contributed by atoms with Crippen molar-refractivity contribution < 1.29 is 0 Å². The molecule has 308 valence electrons. The number of rotatable bonds is 3. The molecule has 1 atom stereocenters. The molecule has 0 bridgehead atoms. The van der Waals surface area contributed by atoms with Gasteiger partial charge in [-0.25, -0.2) is 0 Å². The van der Waals surface area contributed by atoms with E-state index in [2.05, 4.69) is 237 Å². The van der Waals surface area contributed by atoms with Crippen LogP contribution in [-0.2, 0) is 10.8 Å². The lowest BCUT2D eigenvalue weighted by atomic mass is 9.70. The van der Waals surface area contributed by atoms with Crippen LogP contribution in [0.3, 0.4) is 0 Å². The lowest BCUT2D eigenvalue weighted by Crippen LogP contribution is -2.25. The van der Waals surface area contributed by atoms with Crippen LogP contribution < -0.4 is 0 Å². The molecule has 8 aromatic carbocycles. The SMILES string of the molecule is C#CC.C=Cc1ccc(-c2ccccc2C)cc1.C=Cc1ccc2c(c1)-c1ccccc1C21c2ccccc2-c2ccc(C)cc21.Cc1ccc2c(c1)C(C)(C)c1cc(C)ccc1-2. The highest BCUT2D eigenvalue weighted by molar-refractivity contribution is 5.95. The lowest BCUT2D eigenvalue weighted by molar-refractivity contribution is 0.659. The predicted molar refractivity (Wildman–Crippen MR) is 272 cm³/mol. The molecule has 63 heavy (non-hydrogen) atoms. The maximum Gasteiger partial charge on any atom is 0.0725 e. The van der Waals surface area contributed by atoms with Gasteiger partial charge in [-0.3, -0.25) is 0 Å². The highest BCUT2D eigenvalue weighted by atomic mass is 14.5. The van der Waals surface area contributed by atoms with Crippen LogP contribution in [0.4, 0.5) is 0 Å². The summed E-state index contributed by atoms with van der Waals surface area (Å²) in [5.74, 6) is 2.25. The van der Waals surface area contributed by atoms with E-state index in [1.807, 2.05) is 12.2 Å². The van der Waals surface area contributed by atoms with Crippen LogP contribution >= 0.6 is 0 Å². The van der Waals surface area contributed by atoms with Gasteiger partial charge in [-0.1, -0.05) is 220 Å². The topological polar surface area (TPSA) is 0 Å². The molecule has 3 aliphatic carbocycles. The van der Waals surface area contributed by atoms with Gasteiger partial charge in [0.25, 0.3) is 0 Å². The first-order valence-corrected chi connectivity index (χ1v) is 21.9. The molecule has 1 spiro atoms. The van der Waals surface area contributed by atoms with Crippen molar-refractivity contribution in [1.82, 2.24) is 0 Å². The van der Waals surface area contributed by atoms with E-state index in [0.29, 0.717) is 0 Å². The average Bonchev–Trinajstić information content (AvgIpc) is 3.84. The summed E-state index contributed by atoms with van der Waals surface area (Å²) in [5.41, 5.74) is 26.8. The minimum atomic E-state index is -0.233. The first-order chi connectivity index (χ1) is 30.5. The fraction of sp³-hybridized carbons (Fsp3) is 0.143. The summed E-state index contributed by atoms with van der Waals surface area (Å²) in [6.07, 6.45) is 8.40. The number of fused-ring (bicyclic) bond motifs is 13. The van der Waals surface area contributed by atoms with Crippen LogP contribution in [0.25, 0.3) is 56.7 Å². The Morgan fingerprint density at radius 3 is 1.32 bits per heavy atom. The van der Waals surface area contributed by atoms with Gasteiger partial charge in [-0.05, 0) is 135 Å². The van der Waals surface area contributed by atoms with E-state index >= 15 is 0 Å². The Bertz CT molecular complexity index is 3020. The summed E-state index contributed by atoms with van der Waals surface area (Å²) >= 11 is 0. The molecule has 11 rings (SSSR count). The summed E-state index contributed by atoms with van der Waals surface area (Å²) in [5, 5.41) is 0. The molecule has 0 saturated carbocycles. The van der Waals surface area contributed by atoms with Crippen LogP contribution in [0, 0.1) is 40.0 Å². The quantitative estimate of drug-likeness (QED) is 0.156. The zero-order valence-corrected chi connectivity index (χ0v) is 37.8. The van der Waals surface area contributed by atoms with Crippen molar-refractivity contribution in [2.75, 3.05) is 0 Å². The largest absolute Gasteiger partial charge is 0.120 e. The summed E-state index contributed by atoms with van der Waals surface area (Å²) < 4.78 is 0. The molecule has 3 aliphatic rings. The third-order valence-corrected chi connectivity index (χ3v) is 13.1. The Morgan fingerprint density at radius 1 is 0.413 bits per heavy atom. The molecule has 0 amide bonds. The Morgan fingerprint density at radius 2 is 0.810 bits per heavy atom. The van der Waals surface area contributed by atoms with E-state index in [9.17, 15) is 0 Å². The fourth-order valence-corrected chi connectivity index (χ4v) is 10.1. The van der Waals surface area contributed by atoms with Crippen LogP contribution in [-0.4, -0.2) is 0 Å². The van der Waals surface area contributed by atoms with Crippen molar-refractivity contribution in [3.05, 3.63) is 250 Å². The molecule has 0 aliphatic heterocycles. The molecule has 0 heterocycles. The van der Waals surface area contributed by atoms with Crippen LogP contribution in [0.1, 0.15) is 87.5 Å². The van der Waals surface area contributed by atoms with Crippen molar-refractivity contribution >= 4 is 12.2 Å². The predicted octanol–water partition coefficient (Wildman–Crippen LogP) is 16.5. The minimum absolute atomic E-state index is 0.142. The van der Waals surface area contributed by atoms with Gasteiger partial charge in [0.1, 0.15) is 0 Å². The van der Waals surface area contributed by atoms with Gasteiger partial charge in [-0.15, -0.1) is 12.3 Å². The number of benzene rings is 8. The van der Waals surface area contributed by atoms with E-state index in [4.69, 9.17) is 0 Å². The summed E-state index contributed by atoms with van der Waals surface area (Å²) in [7, 11) is 0. The standard InChI is InChI=1S/C28H20.C17H18.C15H14.C3H4/c1-3-19-13-15-26-23(17-19)21-9-5-7-11-25(21)28(26)24-10-6-4-8-20(24)22-14-12-18(2)16-27(22)28;1-11-5-7-13-14-8-6-12(2)10-16(14)17(3,4)15(13)9-11;1-3-13-8-10-14(11-9-13)15-7-5-4-6-12(15)2;1-3-2/h3-17H,1H2,2H3;5-10H,1-4H3;3-11H,1H2,2H3;1H,2H3. The lowest BCUT2D eigenvalue weighted by Gasteiger charge is -2.30. The Kier molecular flexibility index (Phi) is 11.7. The highest BCUT2D eigenvalue weighted by Crippen LogP contribution is 2.63. The van der Waals surface area contributed by atoms with E-state index in [0.717, 1.165) is 5.56 Å². The minimum Gasteiger partial charge on any atom is -0.120 e. The molecule has 0 N–H and O–H groups in total. The third kappa shape index (κ3) is 7.39. The average molecular weight is 813 g/mol. The fourth-order valence-electron chi connectivity index (χ4n) is 10.1. The zero-order chi connectivity index (χ0) is 44.5. The first kappa shape index (κ1) is 42.5. The van der Waals surface area contributed by atoms with Gasteiger partial charge in [0, 0.05) is 5.41 Å². The van der Waals surface area contributed by atoms with Crippen molar-refractivity contribution in [3.63, 3.8) is 0 Å². The molecule has 0 fully saturated rings. The van der Waals surface area contributed by atoms with E-state index in [1.165, 1.54) is 106 Å². The van der Waals surface area contributed by atoms with E-state index in [-0.39, 0.29) is 10.8 Å². The van der Waals surface area contributed by atoms with Crippen LogP contribution in [0.15, 0.2) is 183 Å². The Labute approximate surface area is 376 Å². The number of hydrogen-bond acceptors (Lipinski definition) is 0. The molecular weight excluding hydrogens is 757 g/mol. The second-order valence-corrected chi connectivity index (χ2v) is 17.6. The van der Waals surface area contributed by atoms with Gasteiger partial charge in [0.15, 0.2) is 0 Å². The van der Waals surface area contributed by atoms with Crippen LogP contribution in [0.2, 0.25) is 0 Å². The molecular formula is C63H56. The second kappa shape index (κ2) is 17.3. The Balaban J connectivity index is 0.000000134. The molecule has 0 saturated heterocycles. The zero-order valence-electron chi connectivity index (χ0n) is 37.8. The maximum absolute atomic E-state index is 4.60. The van der Waals surface area contributed by atoms with Gasteiger partial charge < -0.3 is 0 Å². The summed E-state index contributed by atoms with van der Waals surface area (Å²) in [4.78, 5) is 0. The van der Waals surface area contributed by atoms with Gasteiger partial charge in [0.2, 0.25) is 0 Å². The Hall–Kier alpha value is -7.20. The number of aryl methyl sites for hydroxylation is 4. The highest BCUT2D eigenvalue weighted by Gasteiger charge is 2.51. The normalized spacial score (nSPS) is 14.6. The third-order valence-electron chi connectivity index (χ3n) is 13.1. The molecule has 0 nitrogen and oxygen atoms in total. The second-order valence-electron chi connectivity index (χ2n) is 17.6. The van der Waals surface area contributed by atoms with Gasteiger partial charge in [0.05, 0.1) is 5.41 Å². The smallest absolute Gasteiger partial charge is 0.0725 e. The monoisotopic (exact) mass is 812 g/mol. The maximum atomic E-state index is 4.60. The molecule has 0 radical (unpaired) electrons. The molecule has 0 aromatic heterocycles. The van der Waals surface area contributed by atoms with E-state index in [1.54, 1.807) is 6.92 Å². The molecule has 8 aromatic rings. The van der Waals surface area contributed by atoms with E-state index < -0.39 is 0 Å². The summed E-state index contributed by atoms with van der Waals surface area (Å²) in [6.45, 7) is 22.7. The van der Waals surface area contributed by atoms with Gasteiger partial charge in [-0.2, -0.15) is 0 Å². The van der Waals surface area contributed by atoms with Crippen molar-refractivity contribution in [3.8, 4) is 56.9 Å². The first-order valence-electron chi connectivity index (χ1n) is 21.9. The van der Waals surface area contributed by atoms with Crippen molar-refractivity contribution in [2.45, 2.75) is 59.3 Å². The van der Waals surface area contributed by atoms with Crippen LogP contribution in [0.5, 0.6) is 0 Å². The molecule has 0 heteroatoms. The van der Waals surface area contributed by atoms with Crippen molar-refractivity contribution in [2.24, 2.45) is 0 Å².